The molecule has 1 saturated heterocycles. The molecule has 0 radical (unpaired) electrons. The molecular weight excluding hydrogens is 362 g/mol. The Labute approximate surface area is 170 Å². The SMILES string of the molecule is Cc1ccc(CN2CC(=O)N3[C@@H](Cc4c([nH]c5ccccc45)C3(C)C)C2=O)cc1. The average Bonchev–Trinajstić information content (AvgIpc) is 3.07. The number of hydrogen-bond acceptors (Lipinski definition) is 2. The van der Waals surface area contributed by atoms with Gasteiger partial charge in [0.05, 0.1) is 5.54 Å². The lowest BCUT2D eigenvalue weighted by molar-refractivity contribution is -0.164. The van der Waals surface area contributed by atoms with E-state index in [2.05, 4.69) is 17.1 Å². The van der Waals surface area contributed by atoms with Crippen LogP contribution in [0.3, 0.4) is 0 Å². The maximum absolute atomic E-state index is 13.5. The second kappa shape index (κ2) is 6.21. The Kier molecular flexibility index (Phi) is 3.85. The van der Waals surface area contributed by atoms with Gasteiger partial charge in [-0.15, -0.1) is 0 Å². The Balaban J connectivity index is 1.53. The predicted molar refractivity (Wildman–Crippen MR) is 112 cm³/mol. The Hall–Kier alpha value is -3.08. The van der Waals surface area contributed by atoms with Crippen molar-refractivity contribution in [2.75, 3.05) is 6.54 Å². The van der Waals surface area contributed by atoms with Crippen molar-refractivity contribution in [3.63, 3.8) is 0 Å². The third-order valence-corrected chi connectivity index (χ3v) is 6.42. The van der Waals surface area contributed by atoms with Crippen molar-refractivity contribution in [1.29, 1.82) is 0 Å². The summed E-state index contributed by atoms with van der Waals surface area (Å²) in [6, 6.07) is 15.9. The topological polar surface area (TPSA) is 56.4 Å². The van der Waals surface area contributed by atoms with Crippen LogP contribution >= 0.6 is 0 Å². The van der Waals surface area contributed by atoms with E-state index >= 15 is 0 Å². The number of rotatable bonds is 2. The van der Waals surface area contributed by atoms with Gasteiger partial charge in [-0.3, -0.25) is 9.59 Å². The summed E-state index contributed by atoms with van der Waals surface area (Å²) in [4.78, 5) is 33.7. The van der Waals surface area contributed by atoms with E-state index in [0.29, 0.717) is 13.0 Å². The van der Waals surface area contributed by atoms with E-state index in [-0.39, 0.29) is 18.4 Å². The molecule has 1 aromatic heterocycles. The van der Waals surface area contributed by atoms with Crippen molar-refractivity contribution in [2.24, 2.45) is 0 Å². The van der Waals surface area contributed by atoms with Crippen LogP contribution in [0.4, 0.5) is 0 Å². The fraction of sp³-hybridized carbons (Fsp3) is 0.333. The van der Waals surface area contributed by atoms with Crippen molar-refractivity contribution in [2.45, 2.75) is 45.3 Å². The quantitative estimate of drug-likeness (QED) is 0.732. The molecule has 5 heteroatoms. The molecule has 1 atom stereocenters. The van der Waals surface area contributed by atoms with Crippen molar-refractivity contribution in [3.8, 4) is 0 Å². The van der Waals surface area contributed by atoms with E-state index in [1.807, 2.05) is 57.2 Å². The highest BCUT2D eigenvalue weighted by atomic mass is 16.2. The normalized spacial score (nSPS) is 20.7. The van der Waals surface area contributed by atoms with Gasteiger partial charge in [-0.2, -0.15) is 0 Å². The number of piperazine rings is 1. The zero-order valence-corrected chi connectivity index (χ0v) is 17.0. The van der Waals surface area contributed by atoms with Gasteiger partial charge >= 0.3 is 0 Å². The molecule has 0 aliphatic carbocycles. The number of aryl methyl sites for hydroxylation is 1. The number of nitrogens with one attached hydrogen (secondary N) is 1. The minimum Gasteiger partial charge on any atom is -0.356 e. The molecule has 0 bridgehead atoms. The van der Waals surface area contributed by atoms with Gasteiger partial charge in [-0.25, -0.2) is 0 Å². The number of aromatic amines is 1. The second-order valence-electron chi connectivity index (χ2n) is 8.75. The highest BCUT2D eigenvalue weighted by Crippen LogP contribution is 2.42. The molecule has 1 N–H and O–H groups in total. The first-order valence-electron chi connectivity index (χ1n) is 10.1. The van der Waals surface area contributed by atoms with E-state index in [0.717, 1.165) is 27.7 Å². The van der Waals surface area contributed by atoms with Gasteiger partial charge in [-0.05, 0) is 38.0 Å². The minimum atomic E-state index is -0.556. The zero-order valence-electron chi connectivity index (χ0n) is 17.0. The van der Waals surface area contributed by atoms with Gasteiger partial charge in [-0.1, -0.05) is 48.0 Å². The molecule has 2 aliphatic heterocycles. The number of carbonyl (C=O) groups is 2. The molecule has 148 valence electrons. The molecule has 0 saturated carbocycles. The largest absolute Gasteiger partial charge is 0.356 e. The predicted octanol–water partition coefficient (Wildman–Crippen LogP) is 3.51. The van der Waals surface area contributed by atoms with Gasteiger partial charge in [0.15, 0.2) is 0 Å². The van der Waals surface area contributed by atoms with Gasteiger partial charge < -0.3 is 14.8 Å². The number of H-pyrrole nitrogens is 1. The Bertz CT molecular complexity index is 1130. The number of benzene rings is 2. The summed E-state index contributed by atoms with van der Waals surface area (Å²) in [6.45, 7) is 6.71. The fourth-order valence-electron chi connectivity index (χ4n) is 4.99. The first-order valence-corrected chi connectivity index (χ1v) is 10.1. The van der Waals surface area contributed by atoms with Gasteiger partial charge in [0, 0.05) is 29.6 Å². The number of nitrogens with zero attached hydrogens (tertiary/aromatic N) is 2. The summed E-state index contributed by atoms with van der Waals surface area (Å²) in [5.74, 6) is 0.0465. The molecule has 0 unspecified atom stereocenters. The molecular formula is C24H25N3O2. The van der Waals surface area contributed by atoms with Crippen molar-refractivity contribution >= 4 is 22.7 Å². The smallest absolute Gasteiger partial charge is 0.246 e. The molecule has 2 aromatic carbocycles. The number of carbonyl (C=O) groups excluding carboxylic acids is 2. The maximum Gasteiger partial charge on any atom is 0.246 e. The van der Waals surface area contributed by atoms with Crippen LogP contribution < -0.4 is 0 Å². The average molecular weight is 387 g/mol. The van der Waals surface area contributed by atoms with Crippen LogP contribution in [-0.4, -0.2) is 39.2 Å². The van der Waals surface area contributed by atoms with E-state index in [9.17, 15) is 9.59 Å². The zero-order chi connectivity index (χ0) is 20.3. The van der Waals surface area contributed by atoms with Crippen LogP contribution in [0, 0.1) is 6.92 Å². The molecule has 1 fully saturated rings. The molecule has 5 rings (SSSR count). The summed E-state index contributed by atoms with van der Waals surface area (Å²) in [5.41, 5.74) is 4.94. The van der Waals surface area contributed by atoms with Crippen LogP contribution in [0.1, 0.15) is 36.2 Å². The first kappa shape index (κ1) is 18.0. The molecule has 29 heavy (non-hydrogen) atoms. The standard InChI is InChI=1S/C24H25N3O2/c1-15-8-10-16(11-9-15)13-26-14-21(28)27-20(23(26)29)12-18-17-6-4-5-7-19(17)25-22(18)24(27,2)3/h4-11,20,25H,12-14H2,1-3H3/t20-/m0/s1. The summed E-state index contributed by atoms with van der Waals surface area (Å²) < 4.78 is 0. The number of hydrogen-bond donors (Lipinski definition) is 1. The lowest BCUT2D eigenvalue weighted by atomic mass is 9.82. The van der Waals surface area contributed by atoms with Crippen LogP contribution in [0.25, 0.3) is 10.9 Å². The highest BCUT2D eigenvalue weighted by Gasteiger charge is 2.51. The van der Waals surface area contributed by atoms with E-state index in [1.54, 1.807) is 9.80 Å². The fourth-order valence-corrected chi connectivity index (χ4v) is 4.99. The van der Waals surface area contributed by atoms with Gasteiger partial charge in [0.2, 0.25) is 11.8 Å². The molecule has 3 heterocycles. The molecule has 2 aliphatic rings. The minimum absolute atomic E-state index is 0.0102. The van der Waals surface area contributed by atoms with Crippen LogP contribution in [0.5, 0.6) is 0 Å². The van der Waals surface area contributed by atoms with Crippen LogP contribution in [-0.2, 0) is 28.1 Å². The number of aromatic nitrogens is 1. The summed E-state index contributed by atoms with van der Waals surface area (Å²) in [7, 11) is 0. The number of para-hydroxylation sites is 1. The summed E-state index contributed by atoms with van der Waals surface area (Å²) >= 11 is 0. The van der Waals surface area contributed by atoms with Crippen LogP contribution in [0.2, 0.25) is 0 Å². The lowest BCUT2D eigenvalue weighted by Crippen LogP contribution is -2.66. The van der Waals surface area contributed by atoms with Crippen molar-refractivity contribution in [3.05, 3.63) is 70.9 Å². The maximum atomic E-state index is 13.5. The monoisotopic (exact) mass is 387 g/mol. The third-order valence-electron chi connectivity index (χ3n) is 6.42. The first-order chi connectivity index (χ1) is 13.9. The molecule has 0 spiro atoms. The molecule has 5 nitrogen and oxygen atoms in total. The van der Waals surface area contributed by atoms with E-state index < -0.39 is 11.6 Å². The third kappa shape index (κ3) is 2.68. The van der Waals surface area contributed by atoms with Gasteiger partial charge in [0.1, 0.15) is 12.6 Å². The Morgan fingerprint density at radius 3 is 2.55 bits per heavy atom. The second-order valence-corrected chi connectivity index (χ2v) is 8.75. The van der Waals surface area contributed by atoms with Crippen LogP contribution in [0.15, 0.2) is 48.5 Å². The number of fused-ring (bicyclic) bond motifs is 4. The van der Waals surface area contributed by atoms with Crippen molar-refractivity contribution in [1.82, 2.24) is 14.8 Å². The van der Waals surface area contributed by atoms with Crippen molar-refractivity contribution < 1.29 is 9.59 Å². The van der Waals surface area contributed by atoms with Gasteiger partial charge in [0.25, 0.3) is 0 Å². The number of amides is 2. The summed E-state index contributed by atoms with van der Waals surface area (Å²) in [5, 5.41) is 1.14. The molecule has 3 aromatic rings. The van der Waals surface area contributed by atoms with E-state index in [4.69, 9.17) is 0 Å². The van der Waals surface area contributed by atoms with E-state index in [1.165, 1.54) is 5.56 Å². The molecule has 2 amide bonds. The Morgan fingerprint density at radius 1 is 1.07 bits per heavy atom. The Morgan fingerprint density at radius 2 is 1.79 bits per heavy atom. The summed E-state index contributed by atoms with van der Waals surface area (Å²) in [6.07, 6.45) is 0.553. The lowest BCUT2D eigenvalue weighted by Gasteiger charge is -2.51. The highest BCUT2D eigenvalue weighted by molar-refractivity contribution is 5.97.